The number of rotatable bonds is 5. The van der Waals surface area contributed by atoms with Gasteiger partial charge in [-0.1, -0.05) is 0 Å². The quantitative estimate of drug-likeness (QED) is 0.911. The maximum atomic E-state index is 12.7. The largest absolute Gasteiger partial charge is 0.350 e. The number of carbonyl (C=O) groups excluding carboxylic acids is 1. The molecule has 1 aliphatic carbocycles. The molecule has 0 aromatic carbocycles. The smallest absolute Gasteiger partial charge is 0.252 e. The summed E-state index contributed by atoms with van der Waals surface area (Å²) in [5, 5.41) is 8.36. The molecule has 3 rings (SSSR count). The number of pyridine rings is 1. The number of amides is 1. The van der Waals surface area contributed by atoms with Gasteiger partial charge in [0.2, 0.25) is 0 Å². The fourth-order valence-electron chi connectivity index (χ4n) is 3.29. The Labute approximate surface area is 136 Å². The topological polar surface area (TPSA) is 63.1 Å². The fourth-order valence-corrected chi connectivity index (χ4v) is 3.29. The average Bonchev–Trinajstić information content (AvgIpc) is 3.26. The van der Waals surface area contributed by atoms with Gasteiger partial charge in [0.15, 0.2) is 5.65 Å². The van der Waals surface area contributed by atoms with Crippen LogP contribution in [-0.2, 0) is 7.05 Å². The van der Waals surface area contributed by atoms with Crippen LogP contribution in [0.25, 0.3) is 11.0 Å². The Bertz CT molecular complexity index is 743. The highest BCUT2D eigenvalue weighted by Gasteiger charge is 2.32. The third kappa shape index (κ3) is 3.08. The molecule has 2 aromatic rings. The highest BCUT2D eigenvalue weighted by molar-refractivity contribution is 6.06. The van der Waals surface area contributed by atoms with Gasteiger partial charge in [0.1, 0.15) is 0 Å². The third-order valence-corrected chi connectivity index (χ3v) is 4.64. The first kappa shape index (κ1) is 15.9. The Balaban J connectivity index is 1.86. The van der Waals surface area contributed by atoms with E-state index in [1.807, 2.05) is 27.0 Å². The molecule has 1 aliphatic rings. The van der Waals surface area contributed by atoms with Crippen LogP contribution in [-0.4, -0.2) is 52.3 Å². The lowest BCUT2D eigenvalue weighted by molar-refractivity contribution is 0.0940. The van der Waals surface area contributed by atoms with E-state index in [4.69, 9.17) is 0 Å². The average molecular weight is 315 g/mol. The predicted molar refractivity (Wildman–Crippen MR) is 90.5 cm³/mol. The van der Waals surface area contributed by atoms with Crippen molar-refractivity contribution in [3.8, 4) is 0 Å². The van der Waals surface area contributed by atoms with Crippen LogP contribution < -0.4 is 5.32 Å². The summed E-state index contributed by atoms with van der Waals surface area (Å²) in [6.45, 7) is 4.51. The number of fused-ring (bicyclic) bond motifs is 1. The second-order valence-corrected chi connectivity index (χ2v) is 6.80. The van der Waals surface area contributed by atoms with E-state index >= 15 is 0 Å². The molecule has 124 valence electrons. The zero-order chi connectivity index (χ0) is 16.7. The SMILES string of the molecule is Cc1cc(C(=O)NC[C@@H](C2CC2)N(C)C)c2c(C)nn(C)c2n1. The molecule has 0 saturated heterocycles. The van der Waals surface area contributed by atoms with Crippen molar-refractivity contribution in [2.75, 3.05) is 20.6 Å². The van der Waals surface area contributed by atoms with E-state index in [1.54, 1.807) is 4.68 Å². The zero-order valence-corrected chi connectivity index (χ0v) is 14.6. The van der Waals surface area contributed by atoms with Crippen LogP contribution in [0.3, 0.4) is 0 Å². The van der Waals surface area contributed by atoms with E-state index in [2.05, 4.69) is 34.4 Å². The Kier molecular flexibility index (Phi) is 4.10. The lowest BCUT2D eigenvalue weighted by Crippen LogP contribution is -2.41. The van der Waals surface area contributed by atoms with Crippen molar-refractivity contribution in [3.63, 3.8) is 0 Å². The van der Waals surface area contributed by atoms with Crippen molar-refractivity contribution in [1.29, 1.82) is 0 Å². The molecule has 2 heterocycles. The summed E-state index contributed by atoms with van der Waals surface area (Å²) in [6.07, 6.45) is 2.53. The van der Waals surface area contributed by atoms with Crippen LogP contribution in [0.2, 0.25) is 0 Å². The molecule has 1 amide bonds. The van der Waals surface area contributed by atoms with E-state index in [9.17, 15) is 4.79 Å². The molecule has 1 N–H and O–H groups in total. The number of nitrogens with zero attached hydrogens (tertiary/aromatic N) is 4. The first-order valence-corrected chi connectivity index (χ1v) is 8.14. The molecular weight excluding hydrogens is 290 g/mol. The van der Waals surface area contributed by atoms with Gasteiger partial charge >= 0.3 is 0 Å². The number of likely N-dealkylation sites (N-methyl/N-ethyl adjacent to an activating group) is 1. The molecule has 0 bridgehead atoms. The van der Waals surface area contributed by atoms with Gasteiger partial charge in [-0.05, 0) is 52.8 Å². The van der Waals surface area contributed by atoms with Crippen LogP contribution in [0.5, 0.6) is 0 Å². The highest BCUT2D eigenvalue weighted by atomic mass is 16.1. The fraction of sp³-hybridized carbons (Fsp3) is 0.588. The summed E-state index contributed by atoms with van der Waals surface area (Å²) in [4.78, 5) is 19.5. The Morgan fingerprint density at radius 2 is 2.13 bits per heavy atom. The first-order chi connectivity index (χ1) is 10.9. The van der Waals surface area contributed by atoms with Gasteiger partial charge in [0, 0.05) is 25.3 Å². The van der Waals surface area contributed by atoms with Crippen LogP contribution in [0.4, 0.5) is 0 Å². The van der Waals surface area contributed by atoms with Gasteiger partial charge in [-0.25, -0.2) is 4.98 Å². The van der Waals surface area contributed by atoms with E-state index in [0.29, 0.717) is 24.1 Å². The normalized spacial score (nSPS) is 16.1. The third-order valence-electron chi connectivity index (χ3n) is 4.64. The van der Waals surface area contributed by atoms with E-state index < -0.39 is 0 Å². The zero-order valence-electron chi connectivity index (χ0n) is 14.6. The van der Waals surface area contributed by atoms with Crippen molar-refractivity contribution < 1.29 is 4.79 Å². The minimum atomic E-state index is -0.0379. The molecule has 6 nitrogen and oxygen atoms in total. The summed E-state index contributed by atoms with van der Waals surface area (Å²) in [5.74, 6) is 0.675. The standard InChI is InChI=1S/C17H25N5O/c1-10-8-13(15-11(2)20-22(5)16(15)19-10)17(23)18-9-14(21(3)4)12-6-7-12/h8,12,14H,6-7,9H2,1-5H3,(H,18,23)/t14-/m0/s1. The second kappa shape index (κ2) is 5.92. The highest BCUT2D eigenvalue weighted by Crippen LogP contribution is 2.34. The Morgan fingerprint density at radius 1 is 1.43 bits per heavy atom. The van der Waals surface area contributed by atoms with Gasteiger partial charge in [-0.15, -0.1) is 0 Å². The summed E-state index contributed by atoms with van der Waals surface area (Å²) in [5.41, 5.74) is 3.11. The summed E-state index contributed by atoms with van der Waals surface area (Å²) in [6, 6.07) is 2.26. The van der Waals surface area contributed by atoms with E-state index in [-0.39, 0.29) is 5.91 Å². The van der Waals surface area contributed by atoms with Crippen molar-refractivity contribution in [2.45, 2.75) is 32.7 Å². The minimum Gasteiger partial charge on any atom is -0.350 e. The summed E-state index contributed by atoms with van der Waals surface area (Å²) < 4.78 is 1.74. The maximum Gasteiger partial charge on any atom is 0.252 e. The molecule has 1 saturated carbocycles. The molecule has 0 unspecified atom stereocenters. The van der Waals surface area contributed by atoms with Gasteiger partial charge in [0.05, 0.1) is 16.6 Å². The van der Waals surface area contributed by atoms with Gasteiger partial charge < -0.3 is 10.2 Å². The first-order valence-electron chi connectivity index (χ1n) is 8.14. The molecule has 0 spiro atoms. The van der Waals surface area contributed by atoms with Gasteiger partial charge in [-0.2, -0.15) is 5.10 Å². The van der Waals surface area contributed by atoms with Gasteiger partial charge in [0.25, 0.3) is 5.91 Å². The maximum absolute atomic E-state index is 12.7. The molecule has 6 heteroatoms. The van der Waals surface area contributed by atoms with Crippen LogP contribution in [0, 0.1) is 19.8 Å². The minimum absolute atomic E-state index is 0.0379. The van der Waals surface area contributed by atoms with Crippen molar-refractivity contribution in [1.82, 2.24) is 25.0 Å². The van der Waals surface area contributed by atoms with Crippen LogP contribution >= 0.6 is 0 Å². The Hall–Kier alpha value is -1.95. The predicted octanol–water partition coefficient (Wildman–Crippen LogP) is 1.66. The summed E-state index contributed by atoms with van der Waals surface area (Å²) >= 11 is 0. The molecule has 1 atom stereocenters. The molecular formula is C17H25N5O. The lowest BCUT2D eigenvalue weighted by atomic mass is 10.1. The Morgan fingerprint density at radius 3 is 2.74 bits per heavy atom. The number of aryl methyl sites for hydroxylation is 3. The molecule has 1 fully saturated rings. The number of carbonyl (C=O) groups is 1. The number of aromatic nitrogens is 3. The second-order valence-electron chi connectivity index (χ2n) is 6.80. The van der Waals surface area contributed by atoms with E-state index in [1.165, 1.54) is 12.8 Å². The number of hydrogen-bond acceptors (Lipinski definition) is 4. The molecule has 0 radical (unpaired) electrons. The molecule has 2 aromatic heterocycles. The monoisotopic (exact) mass is 315 g/mol. The molecule has 23 heavy (non-hydrogen) atoms. The number of hydrogen-bond donors (Lipinski definition) is 1. The van der Waals surface area contributed by atoms with Gasteiger partial charge in [-0.3, -0.25) is 9.48 Å². The van der Waals surface area contributed by atoms with Crippen LogP contribution in [0.15, 0.2) is 6.07 Å². The molecule has 0 aliphatic heterocycles. The van der Waals surface area contributed by atoms with Crippen molar-refractivity contribution in [3.05, 3.63) is 23.0 Å². The number of nitrogens with one attached hydrogen (secondary N) is 1. The van der Waals surface area contributed by atoms with E-state index in [0.717, 1.165) is 22.4 Å². The summed E-state index contributed by atoms with van der Waals surface area (Å²) in [7, 11) is 6.02. The van der Waals surface area contributed by atoms with Crippen molar-refractivity contribution in [2.24, 2.45) is 13.0 Å². The van der Waals surface area contributed by atoms with Crippen molar-refractivity contribution >= 4 is 16.9 Å². The van der Waals surface area contributed by atoms with Crippen LogP contribution in [0.1, 0.15) is 34.6 Å². The lowest BCUT2D eigenvalue weighted by Gasteiger charge is -2.24.